The third-order valence-electron chi connectivity index (χ3n) is 2.06. The fourth-order valence-electron chi connectivity index (χ4n) is 1.28. The van der Waals surface area contributed by atoms with Crippen molar-refractivity contribution in [2.45, 2.75) is 26.2 Å². The van der Waals surface area contributed by atoms with Gasteiger partial charge in [-0.25, -0.2) is 0 Å². The third kappa shape index (κ3) is 6.08. The van der Waals surface area contributed by atoms with E-state index in [4.69, 9.17) is 4.74 Å². The molecule has 81 valence electrons. The van der Waals surface area contributed by atoms with Gasteiger partial charge in [0.05, 0.1) is 0 Å². The number of allylic oxidation sites excluding steroid dienone is 1. The van der Waals surface area contributed by atoms with E-state index < -0.39 is 0 Å². The lowest BCUT2D eigenvalue weighted by Crippen LogP contribution is -1.94. The van der Waals surface area contributed by atoms with Crippen LogP contribution in [0.4, 0.5) is 0 Å². The molecule has 0 saturated carbocycles. The van der Waals surface area contributed by atoms with Crippen LogP contribution in [0.15, 0.2) is 30.3 Å². The molecular weight excluding hydrogens is 184 g/mol. The largest absolute Gasteiger partial charge is 0.381 e. The summed E-state index contributed by atoms with van der Waals surface area (Å²) in [5.41, 5.74) is 1.24. The lowest BCUT2D eigenvalue weighted by Gasteiger charge is -1.99. The van der Waals surface area contributed by atoms with Crippen LogP contribution in [-0.4, -0.2) is 13.2 Å². The van der Waals surface area contributed by atoms with E-state index >= 15 is 0 Å². The highest BCUT2D eigenvalue weighted by Crippen LogP contribution is 2.02. The van der Waals surface area contributed by atoms with Crippen molar-refractivity contribution in [1.82, 2.24) is 0 Å². The number of unbranched alkanes of at least 4 members (excludes halogenated alkanes) is 1. The molecule has 0 bridgehead atoms. The van der Waals surface area contributed by atoms with Crippen molar-refractivity contribution >= 4 is 6.08 Å². The van der Waals surface area contributed by atoms with E-state index in [1.54, 1.807) is 0 Å². The molecule has 1 heteroatoms. The number of hydrogen-bond donors (Lipinski definition) is 0. The topological polar surface area (TPSA) is 9.23 Å². The predicted molar refractivity (Wildman–Crippen MR) is 64.7 cm³/mol. The van der Waals surface area contributed by atoms with E-state index in [9.17, 15) is 0 Å². The summed E-state index contributed by atoms with van der Waals surface area (Å²) in [6, 6.07) is 11.0. The molecule has 0 atom stereocenters. The Bertz CT molecular complexity index is 264. The van der Waals surface area contributed by atoms with Crippen LogP contribution in [0.3, 0.4) is 0 Å². The minimum atomic E-state index is 0.876. The number of hydrogen-bond acceptors (Lipinski definition) is 1. The van der Waals surface area contributed by atoms with Crippen molar-refractivity contribution < 1.29 is 4.74 Å². The fraction of sp³-hybridized carbons (Fsp3) is 0.429. The summed E-state index contributed by atoms with van der Waals surface area (Å²) in [6.07, 6.45) is 7.65. The molecule has 0 heterocycles. The zero-order valence-corrected chi connectivity index (χ0v) is 9.41. The standard InChI is InChI=1S/C14H19O/c1-2-12-15-13-8-4-7-11-14-9-5-3-6-10-14/h5-7,9-11H,2,4,8,12-13H2,1H3. The first-order chi connectivity index (χ1) is 7.43. The van der Waals surface area contributed by atoms with Crippen molar-refractivity contribution in [3.63, 3.8) is 0 Å². The summed E-state index contributed by atoms with van der Waals surface area (Å²) in [6.45, 7) is 3.89. The Morgan fingerprint density at radius 2 is 2.07 bits per heavy atom. The van der Waals surface area contributed by atoms with Crippen molar-refractivity contribution in [2.75, 3.05) is 13.2 Å². The fourth-order valence-corrected chi connectivity index (χ4v) is 1.28. The van der Waals surface area contributed by atoms with Crippen LogP contribution in [0.5, 0.6) is 0 Å². The maximum absolute atomic E-state index is 5.40. The molecule has 1 radical (unpaired) electrons. The van der Waals surface area contributed by atoms with Gasteiger partial charge in [-0.1, -0.05) is 43.3 Å². The summed E-state index contributed by atoms with van der Waals surface area (Å²) >= 11 is 0. The molecule has 1 aromatic carbocycles. The first-order valence-electron chi connectivity index (χ1n) is 5.64. The first kappa shape index (κ1) is 12.0. The van der Waals surface area contributed by atoms with Gasteiger partial charge in [-0.2, -0.15) is 0 Å². The molecule has 0 unspecified atom stereocenters. The highest BCUT2D eigenvalue weighted by Gasteiger charge is 1.86. The molecule has 0 spiro atoms. The molecule has 0 saturated heterocycles. The molecule has 0 aliphatic heterocycles. The number of ether oxygens (including phenoxy) is 1. The van der Waals surface area contributed by atoms with Gasteiger partial charge < -0.3 is 4.74 Å². The van der Waals surface area contributed by atoms with Crippen LogP contribution in [0, 0.1) is 6.07 Å². The molecule has 1 aromatic rings. The van der Waals surface area contributed by atoms with Crippen molar-refractivity contribution in [1.29, 1.82) is 0 Å². The minimum Gasteiger partial charge on any atom is -0.381 e. The van der Waals surface area contributed by atoms with Gasteiger partial charge in [0, 0.05) is 13.2 Å². The van der Waals surface area contributed by atoms with E-state index in [2.05, 4.69) is 37.3 Å². The van der Waals surface area contributed by atoms with Crippen LogP contribution in [0.1, 0.15) is 31.7 Å². The van der Waals surface area contributed by atoms with Gasteiger partial charge in [0.1, 0.15) is 0 Å². The monoisotopic (exact) mass is 203 g/mol. The van der Waals surface area contributed by atoms with E-state index in [0.717, 1.165) is 32.5 Å². The third-order valence-corrected chi connectivity index (χ3v) is 2.06. The zero-order chi connectivity index (χ0) is 10.8. The van der Waals surface area contributed by atoms with E-state index in [1.807, 2.05) is 12.1 Å². The maximum Gasteiger partial charge on any atom is 0.0468 e. The summed E-state index contributed by atoms with van der Waals surface area (Å²) in [5, 5.41) is 0. The molecule has 0 N–H and O–H groups in total. The van der Waals surface area contributed by atoms with Crippen LogP contribution in [-0.2, 0) is 4.74 Å². The van der Waals surface area contributed by atoms with Crippen molar-refractivity contribution in [3.05, 3.63) is 42.0 Å². The lowest BCUT2D eigenvalue weighted by atomic mass is 10.2. The van der Waals surface area contributed by atoms with E-state index in [0.29, 0.717) is 0 Å². The smallest absolute Gasteiger partial charge is 0.0468 e. The van der Waals surface area contributed by atoms with Crippen molar-refractivity contribution in [2.24, 2.45) is 0 Å². The van der Waals surface area contributed by atoms with Crippen molar-refractivity contribution in [3.8, 4) is 0 Å². The Balaban J connectivity index is 2.07. The molecular formula is C14H19O. The van der Waals surface area contributed by atoms with E-state index in [1.165, 1.54) is 5.56 Å². The first-order valence-corrected chi connectivity index (χ1v) is 5.64. The Morgan fingerprint density at radius 3 is 2.80 bits per heavy atom. The Kier molecular flexibility index (Phi) is 6.59. The Labute approximate surface area is 92.8 Å². The normalized spacial score (nSPS) is 11.0. The van der Waals surface area contributed by atoms with Gasteiger partial charge in [-0.15, -0.1) is 0 Å². The SMILES string of the molecule is CCCOCCCC=Cc1cc[c]cc1. The lowest BCUT2D eigenvalue weighted by molar-refractivity contribution is 0.133. The van der Waals surface area contributed by atoms with Crippen LogP contribution in [0.25, 0.3) is 6.08 Å². The van der Waals surface area contributed by atoms with Gasteiger partial charge in [0.15, 0.2) is 0 Å². The van der Waals surface area contributed by atoms with Crippen LogP contribution < -0.4 is 0 Å². The Morgan fingerprint density at radius 1 is 1.27 bits per heavy atom. The highest BCUT2D eigenvalue weighted by molar-refractivity contribution is 5.48. The zero-order valence-electron chi connectivity index (χ0n) is 9.41. The van der Waals surface area contributed by atoms with E-state index in [-0.39, 0.29) is 0 Å². The Hall–Kier alpha value is -1.08. The summed E-state index contributed by atoms with van der Waals surface area (Å²) in [7, 11) is 0. The second kappa shape index (κ2) is 8.25. The molecule has 1 rings (SSSR count). The van der Waals surface area contributed by atoms with Crippen LogP contribution >= 0.6 is 0 Å². The molecule has 15 heavy (non-hydrogen) atoms. The van der Waals surface area contributed by atoms with Gasteiger partial charge in [-0.05, 0) is 30.9 Å². The summed E-state index contributed by atoms with van der Waals surface area (Å²) < 4.78 is 5.40. The van der Waals surface area contributed by atoms with Gasteiger partial charge in [-0.3, -0.25) is 0 Å². The average molecular weight is 203 g/mol. The van der Waals surface area contributed by atoms with Gasteiger partial charge in [0.25, 0.3) is 0 Å². The van der Waals surface area contributed by atoms with Gasteiger partial charge in [0.2, 0.25) is 0 Å². The van der Waals surface area contributed by atoms with Gasteiger partial charge >= 0.3 is 0 Å². The molecule has 0 aliphatic rings. The molecule has 0 aromatic heterocycles. The molecule has 0 amide bonds. The predicted octanol–water partition coefficient (Wildman–Crippen LogP) is 3.71. The minimum absolute atomic E-state index is 0.876. The molecule has 0 fully saturated rings. The second-order valence-corrected chi connectivity index (χ2v) is 3.49. The summed E-state index contributed by atoms with van der Waals surface area (Å²) in [4.78, 5) is 0. The maximum atomic E-state index is 5.40. The molecule has 0 aliphatic carbocycles. The number of benzene rings is 1. The van der Waals surface area contributed by atoms with Crippen LogP contribution in [0.2, 0.25) is 0 Å². The number of rotatable bonds is 7. The second-order valence-electron chi connectivity index (χ2n) is 3.49. The summed E-state index contributed by atoms with van der Waals surface area (Å²) in [5.74, 6) is 0. The highest BCUT2D eigenvalue weighted by atomic mass is 16.5. The molecule has 1 nitrogen and oxygen atoms in total. The average Bonchev–Trinajstić information content (AvgIpc) is 2.29. The quantitative estimate of drug-likeness (QED) is 0.614.